The van der Waals surface area contributed by atoms with E-state index >= 15 is 0 Å². The summed E-state index contributed by atoms with van der Waals surface area (Å²) in [6.07, 6.45) is 0. The molecule has 18 heavy (non-hydrogen) atoms. The van der Waals surface area contributed by atoms with Crippen LogP contribution in [0.2, 0.25) is 5.02 Å². The molecule has 2 N–H and O–H groups in total. The van der Waals surface area contributed by atoms with Gasteiger partial charge in [-0.25, -0.2) is 0 Å². The summed E-state index contributed by atoms with van der Waals surface area (Å²) in [4.78, 5) is 0. The maximum absolute atomic E-state index is 5.96. The summed E-state index contributed by atoms with van der Waals surface area (Å²) in [6, 6.07) is 13.8. The van der Waals surface area contributed by atoms with E-state index in [1.807, 2.05) is 24.3 Å². The van der Waals surface area contributed by atoms with Crippen molar-refractivity contribution in [3.63, 3.8) is 0 Å². The highest BCUT2D eigenvalue weighted by atomic mass is 35.5. The molecule has 0 aliphatic heterocycles. The molecule has 0 saturated carbocycles. The van der Waals surface area contributed by atoms with Gasteiger partial charge < -0.3 is 10.5 Å². The van der Waals surface area contributed by atoms with E-state index in [-0.39, 0.29) is 0 Å². The monoisotopic (exact) mass is 261 g/mol. The van der Waals surface area contributed by atoms with Gasteiger partial charge in [-0.2, -0.15) is 0 Å². The van der Waals surface area contributed by atoms with Crippen molar-refractivity contribution in [2.75, 3.05) is 0 Å². The van der Waals surface area contributed by atoms with E-state index in [0.29, 0.717) is 18.2 Å². The molecule has 0 amide bonds. The molecule has 2 nitrogen and oxygen atoms in total. The number of hydrogen-bond donors (Lipinski definition) is 1. The SMILES string of the molecule is Cc1cccc(COc2cc(Cl)ccc2CN)c1. The van der Waals surface area contributed by atoms with Crippen molar-refractivity contribution in [2.24, 2.45) is 5.73 Å². The molecule has 0 aliphatic carbocycles. The highest BCUT2D eigenvalue weighted by molar-refractivity contribution is 6.30. The molecule has 0 bridgehead atoms. The van der Waals surface area contributed by atoms with Crippen LogP contribution in [0.1, 0.15) is 16.7 Å². The largest absolute Gasteiger partial charge is 0.489 e. The average Bonchev–Trinajstić information content (AvgIpc) is 2.37. The summed E-state index contributed by atoms with van der Waals surface area (Å²) < 4.78 is 5.79. The number of benzene rings is 2. The summed E-state index contributed by atoms with van der Waals surface area (Å²) in [5.74, 6) is 0.756. The third-order valence-corrected chi connectivity index (χ3v) is 2.96. The van der Waals surface area contributed by atoms with Crippen molar-refractivity contribution in [1.82, 2.24) is 0 Å². The van der Waals surface area contributed by atoms with Gasteiger partial charge in [-0.3, -0.25) is 0 Å². The molecule has 2 rings (SSSR count). The van der Waals surface area contributed by atoms with Crippen LogP contribution in [0.5, 0.6) is 5.75 Å². The molecule has 0 radical (unpaired) electrons. The number of rotatable bonds is 4. The number of hydrogen-bond acceptors (Lipinski definition) is 2. The Morgan fingerprint density at radius 1 is 1.17 bits per heavy atom. The minimum Gasteiger partial charge on any atom is -0.489 e. The smallest absolute Gasteiger partial charge is 0.125 e. The highest BCUT2D eigenvalue weighted by Gasteiger charge is 2.04. The number of ether oxygens (including phenoxy) is 1. The Bertz CT molecular complexity index is 540. The quantitative estimate of drug-likeness (QED) is 0.911. The standard InChI is InChI=1S/C15H16ClNO/c1-11-3-2-4-12(7-11)10-18-15-8-14(16)6-5-13(15)9-17/h2-8H,9-10,17H2,1H3. The first-order chi connectivity index (χ1) is 8.69. The Morgan fingerprint density at radius 2 is 2.00 bits per heavy atom. The predicted molar refractivity (Wildman–Crippen MR) is 74.9 cm³/mol. The van der Waals surface area contributed by atoms with Gasteiger partial charge in [0.2, 0.25) is 0 Å². The van der Waals surface area contributed by atoms with Crippen LogP contribution in [0.3, 0.4) is 0 Å². The lowest BCUT2D eigenvalue weighted by atomic mass is 10.1. The second-order valence-electron chi connectivity index (χ2n) is 4.23. The van der Waals surface area contributed by atoms with Gasteiger partial charge in [-0.15, -0.1) is 0 Å². The van der Waals surface area contributed by atoms with Crippen LogP contribution in [-0.4, -0.2) is 0 Å². The molecule has 2 aromatic carbocycles. The van der Waals surface area contributed by atoms with E-state index in [0.717, 1.165) is 16.9 Å². The molecule has 0 heterocycles. The van der Waals surface area contributed by atoms with Crippen molar-refractivity contribution >= 4 is 11.6 Å². The fourth-order valence-electron chi connectivity index (χ4n) is 1.79. The van der Waals surface area contributed by atoms with E-state index < -0.39 is 0 Å². The lowest BCUT2D eigenvalue weighted by Gasteiger charge is -2.11. The number of aryl methyl sites for hydroxylation is 1. The zero-order valence-corrected chi connectivity index (χ0v) is 11.1. The van der Waals surface area contributed by atoms with Crippen molar-refractivity contribution in [2.45, 2.75) is 20.1 Å². The Balaban J connectivity index is 2.12. The van der Waals surface area contributed by atoms with E-state index in [4.69, 9.17) is 22.1 Å². The molecule has 0 unspecified atom stereocenters. The summed E-state index contributed by atoms with van der Waals surface area (Å²) in [6.45, 7) is 3.03. The molecule has 0 atom stereocenters. The summed E-state index contributed by atoms with van der Waals surface area (Å²) in [7, 11) is 0. The second-order valence-corrected chi connectivity index (χ2v) is 4.67. The first kappa shape index (κ1) is 12.9. The Hall–Kier alpha value is -1.51. The zero-order valence-electron chi connectivity index (χ0n) is 10.3. The van der Waals surface area contributed by atoms with Crippen LogP contribution in [0.4, 0.5) is 0 Å². The van der Waals surface area contributed by atoms with Gasteiger partial charge in [-0.05, 0) is 24.6 Å². The van der Waals surface area contributed by atoms with Crippen LogP contribution in [0.15, 0.2) is 42.5 Å². The van der Waals surface area contributed by atoms with Gasteiger partial charge >= 0.3 is 0 Å². The molecule has 0 aliphatic rings. The average molecular weight is 262 g/mol. The zero-order chi connectivity index (χ0) is 13.0. The number of nitrogens with two attached hydrogens (primary N) is 1. The van der Waals surface area contributed by atoms with Gasteiger partial charge in [0.05, 0.1) is 0 Å². The van der Waals surface area contributed by atoms with Gasteiger partial charge in [0, 0.05) is 17.1 Å². The van der Waals surface area contributed by atoms with Crippen molar-refractivity contribution in [3.8, 4) is 5.75 Å². The molecule has 0 spiro atoms. The van der Waals surface area contributed by atoms with Crippen molar-refractivity contribution < 1.29 is 4.74 Å². The van der Waals surface area contributed by atoms with E-state index in [2.05, 4.69) is 19.1 Å². The predicted octanol–water partition coefficient (Wildman–Crippen LogP) is 3.69. The fraction of sp³-hybridized carbons (Fsp3) is 0.200. The van der Waals surface area contributed by atoms with Crippen LogP contribution in [0, 0.1) is 6.92 Å². The van der Waals surface area contributed by atoms with Crippen LogP contribution >= 0.6 is 11.6 Å². The lowest BCUT2D eigenvalue weighted by Crippen LogP contribution is -2.02. The van der Waals surface area contributed by atoms with Crippen molar-refractivity contribution in [1.29, 1.82) is 0 Å². The molecule has 2 aromatic rings. The summed E-state index contributed by atoms with van der Waals surface area (Å²) in [5.41, 5.74) is 9.00. The Morgan fingerprint density at radius 3 is 2.72 bits per heavy atom. The number of halogens is 1. The lowest BCUT2D eigenvalue weighted by molar-refractivity contribution is 0.303. The van der Waals surface area contributed by atoms with Crippen molar-refractivity contribution in [3.05, 3.63) is 64.2 Å². The maximum Gasteiger partial charge on any atom is 0.125 e. The third-order valence-electron chi connectivity index (χ3n) is 2.73. The van der Waals surface area contributed by atoms with E-state index in [1.54, 1.807) is 6.07 Å². The highest BCUT2D eigenvalue weighted by Crippen LogP contribution is 2.24. The molecular weight excluding hydrogens is 246 g/mol. The Kier molecular flexibility index (Phi) is 4.24. The van der Waals surface area contributed by atoms with Gasteiger partial charge in [-0.1, -0.05) is 47.5 Å². The summed E-state index contributed by atoms with van der Waals surface area (Å²) >= 11 is 5.96. The second kappa shape index (κ2) is 5.89. The molecule has 94 valence electrons. The summed E-state index contributed by atoms with van der Waals surface area (Å²) in [5, 5.41) is 0.659. The molecule has 0 aromatic heterocycles. The minimum absolute atomic E-state index is 0.445. The van der Waals surface area contributed by atoms with Gasteiger partial charge in [0.25, 0.3) is 0 Å². The van der Waals surface area contributed by atoms with Crippen LogP contribution in [-0.2, 0) is 13.2 Å². The molecule has 0 saturated heterocycles. The maximum atomic E-state index is 5.96. The third kappa shape index (κ3) is 3.25. The fourth-order valence-corrected chi connectivity index (χ4v) is 1.96. The Labute approximate surface area is 112 Å². The topological polar surface area (TPSA) is 35.2 Å². The molecule has 3 heteroatoms. The minimum atomic E-state index is 0.445. The van der Waals surface area contributed by atoms with Crippen LogP contribution < -0.4 is 10.5 Å². The molecule has 0 fully saturated rings. The van der Waals surface area contributed by atoms with Gasteiger partial charge in [0.1, 0.15) is 12.4 Å². The molecular formula is C15H16ClNO. The van der Waals surface area contributed by atoms with Crippen LogP contribution in [0.25, 0.3) is 0 Å². The van der Waals surface area contributed by atoms with E-state index in [9.17, 15) is 0 Å². The van der Waals surface area contributed by atoms with Gasteiger partial charge in [0.15, 0.2) is 0 Å². The first-order valence-electron chi connectivity index (χ1n) is 5.86. The van der Waals surface area contributed by atoms with E-state index in [1.165, 1.54) is 5.56 Å². The normalized spacial score (nSPS) is 10.4. The first-order valence-corrected chi connectivity index (χ1v) is 6.23.